The highest BCUT2D eigenvalue weighted by Crippen LogP contribution is 2.18. The van der Waals surface area contributed by atoms with Crippen LogP contribution in [0.3, 0.4) is 0 Å². The average molecular weight is 311 g/mol. The van der Waals surface area contributed by atoms with E-state index in [1.807, 2.05) is 12.1 Å². The van der Waals surface area contributed by atoms with Gasteiger partial charge in [-0.15, -0.1) is 0 Å². The summed E-state index contributed by atoms with van der Waals surface area (Å²) < 4.78 is 0. The molecule has 21 heavy (non-hydrogen) atoms. The molecule has 0 saturated carbocycles. The van der Waals surface area contributed by atoms with Crippen LogP contribution < -0.4 is 5.32 Å². The fourth-order valence-corrected chi connectivity index (χ4v) is 2.96. The van der Waals surface area contributed by atoms with Crippen LogP contribution in [0, 0.1) is 0 Å². The van der Waals surface area contributed by atoms with Crippen molar-refractivity contribution in [3.63, 3.8) is 0 Å². The summed E-state index contributed by atoms with van der Waals surface area (Å²) in [6.07, 6.45) is 4.97. The Morgan fingerprint density at radius 2 is 2.24 bits per heavy atom. The molecule has 1 atom stereocenters. The molecule has 1 saturated heterocycles. The lowest BCUT2D eigenvalue weighted by atomic mass is 10.1. The van der Waals surface area contributed by atoms with Gasteiger partial charge in [0.15, 0.2) is 0 Å². The zero-order valence-electron chi connectivity index (χ0n) is 12.2. The van der Waals surface area contributed by atoms with Gasteiger partial charge >= 0.3 is 0 Å². The van der Waals surface area contributed by atoms with Gasteiger partial charge in [0.05, 0.1) is 6.61 Å². The van der Waals surface area contributed by atoms with E-state index >= 15 is 0 Å². The van der Waals surface area contributed by atoms with E-state index in [1.165, 1.54) is 6.42 Å². The number of anilines is 1. The zero-order valence-corrected chi connectivity index (χ0v) is 13.0. The number of nitrogens with one attached hydrogen (secondary N) is 1. The lowest BCUT2D eigenvalue weighted by Gasteiger charge is -2.28. The minimum Gasteiger partial charge on any atom is -0.395 e. The van der Waals surface area contributed by atoms with Crippen LogP contribution in [0.1, 0.15) is 32.1 Å². The molecule has 2 N–H and O–H groups in total. The summed E-state index contributed by atoms with van der Waals surface area (Å²) in [6, 6.07) is 7.36. The van der Waals surface area contributed by atoms with Crippen molar-refractivity contribution in [1.82, 2.24) is 4.90 Å². The Balaban J connectivity index is 1.82. The fraction of sp³-hybridized carbons (Fsp3) is 0.562. The Labute approximate surface area is 131 Å². The monoisotopic (exact) mass is 310 g/mol. The molecule has 1 aromatic rings. The molecule has 0 radical (unpaired) electrons. The highest BCUT2D eigenvalue weighted by Gasteiger charge is 2.20. The van der Waals surface area contributed by atoms with E-state index in [9.17, 15) is 9.90 Å². The van der Waals surface area contributed by atoms with Gasteiger partial charge in [0, 0.05) is 29.7 Å². The van der Waals surface area contributed by atoms with Crippen LogP contribution in [0.2, 0.25) is 5.02 Å². The molecule has 1 aromatic carbocycles. The molecule has 0 aliphatic carbocycles. The van der Waals surface area contributed by atoms with Gasteiger partial charge in [-0.05, 0) is 37.6 Å². The molecule has 5 heteroatoms. The zero-order chi connectivity index (χ0) is 15.1. The Hall–Kier alpha value is -1.10. The molecule has 1 aliphatic rings. The molecule has 1 unspecified atom stereocenters. The fourth-order valence-electron chi connectivity index (χ4n) is 2.77. The van der Waals surface area contributed by atoms with Gasteiger partial charge in [0.25, 0.3) is 0 Å². The first-order valence-electron chi connectivity index (χ1n) is 7.59. The number of carbonyl (C=O) groups excluding carboxylic acids is 1. The summed E-state index contributed by atoms with van der Waals surface area (Å²) in [7, 11) is 0. The molecule has 0 spiro atoms. The van der Waals surface area contributed by atoms with Crippen molar-refractivity contribution in [3.8, 4) is 0 Å². The number of hydrogen-bond acceptors (Lipinski definition) is 3. The van der Waals surface area contributed by atoms with Gasteiger partial charge in [-0.1, -0.05) is 30.5 Å². The van der Waals surface area contributed by atoms with Crippen molar-refractivity contribution < 1.29 is 9.90 Å². The quantitative estimate of drug-likeness (QED) is 0.879. The molecule has 1 heterocycles. The molecule has 1 aliphatic heterocycles. The molecule has 2 rings (SSSR count). The highest BCUT2D eigenvalue weighted by atomic mass is 35.5. The standard InChI is InChI=1S/C16H23ClN2O2/c17-13-5-4-6-14(11-13)18-16(21)8-10-19-9-3-1-2-7-15(19)12-20/h4-6,11,15,20H,1-3,7-10,12H2,(H,18,21). The van der Waals surface area contributed by atoms with Crippen molar-refractivity contribution in [1.29, 1.82) is 0 Å². The predicted molar refractivity (Wildman–Crippen MR) is 85.6 cm³/mol. The van der Waals surface area contributed by atoms with Crippen molar-refractivity contribution in [2.45, 2.75) is 38.1 Å². The van der Waals surface area contributed by atoms with Crippen molar-refractivity contribution in [2.75, 3.05) is 25.0 Å². The van der Waals surface area contributed by atoms with Gasteiger partial charge in [-0.2, -0.15) is 0 Å². The van der Waals surface area contributed by atoms with E-state index in [1.54, 1.807) is 12.1 Å². The van der Waals surface area contributed by atoms with Crippen LogP contribution in [-0.4, -0.2) is 41.7 Å². The SMILES string of the molecule is O=C(CCN1CCCCCC1CO)Nc1cccc(Cl)c1. The van der Waals surface area contributed by atoms with Crippen molar-refractivity contribution >= 4 is 23.2 Å². The number of halogens is 1. The number of rotatable bonds is 5. The molecular weight excluding hydrogens is 288 g/mol. The number of likely N-dealkylation sites (tertiary alicyclic amines) is 1. The third kappa shape index (κ3) is 5.30. The number of aliphatic hydroxyl groups is 1. The van der Waals surface area contributed by atoms with Crippen LogP contribution >= 0.6 is 11.6 Å². The molecule has 0 aromatic heterocycles. The number of aliphatic hydroxyl groups excluding tert-OH is 1. The van der Waals surface area contributed by atoms with Crippen LogP contribution in [0.25, 0.3) is 0 Å². The topological polar surface area (TPSA) is 52.6 Å². The number of hydrogen-bond donors (Lipinski definition) is 2. The lowest BCUT2D eigenvalue weighted by Crippen LogP contribution is -2.39. The Bertz CT molecular complexity index is 467. The molecular formula is C16H23ClN2O2. The second-order valence-corrected chi connectivity index (χ2v) is 5.97. The largest absolute Gasteiger partial charge is 0.395 e. The van der Waals surface area contributed by atoms with Gasteiger partial charge < -0.3 is 10.4 Å². The average Bonchev–Trinajstić information content (AvgIpc) is 2.70. The Kier molecular flexibility index (Phi) is 6.49. The summed E-state index contributed by atoms with van der Waals surface area (Å²) in [4.78, 5) is 14.2. The number of nitrogens with zero attached hydrogens (tertiary/aromatic N) is 1. The van der Waals surface area contributed by atoms with E-state index in [2.05, 4.69) is 10.2 Å². The third-order valence-corrected chi connectivity index (χ3v) is 4.18. The molecule has 116 valence electrons. The second-order valence-electron chi connectivity index (χ2n) is 5.53. The maximum Gasteiger partial charge on any atom is 0.225 e. The lowest BCUT2D eigenvalue weighted by molar-refractivity contribution is -0.116. The molecule has 0 bridgehead atoms. The van der Waals surface area contributed by atoms with Crippen LogP contribution in [-0.2, 0) is 4.79 Å². The van der Waals surface area contributed by atoms with E-state index in [0.29, 0.717) is 18.0 Å². The van der Waals surface area contributed by atoms with E-state index in [0.717, 1.165) is 31.5 Å². The minimum atomic E-state index is -0.0156. The first-order valence-corrected chi connectivity index (χ1v) is 7.97. The van der Waals surface area contributed by atoms with Crippen LogP contribution in [0.15, 0.2) is 24.3 Å². The predicted octanol–water partition coefficient (Wildman–Crippen LogP) is 2.91. The van der Waals surface area contributed by atoms with E-state index < -0.39 is 0 Å². The normalized spacial score (nSPS) is 20.0. The summed E-state index contributed by atoms with van der Waals surface area (Å²) >= 11 is 5.90. The van der Waals surface area contributed by atoms with E-state index in [-0.39, 0.29) is 18.6 Å². The molecule has 1 fully saturated rings. The van der Waals surface area contributed by atoms with E-state index in [4.69, 9.17) is 11.6 Å². The summed E-state index contributed by atoms with van der Waals surface area (Å²) in [6.45, 7) is 1.84. The second kappa shape index (κ2) is 8.37. The number of amides is 1. The summed E-state index contributed by atoms with van der Waals surface area (Å²) in [5.41, 5.74) is 0.724. The Morgan fingerprint density at radius 3 is 3.00 bits per heavy atom. The minimum absolute atomic E-state index is 0.0156. The maximum atomic E-state index is 12.0. The smallest absolute Gasteiger partial charge is 0.225 e. The molecule has 4 nitrogen and oxygen atoms in total. The number of benzene rings is 1. The Morgan fingerprint density at radius 1 is 1.38 bits per heavy atom. The molecule has 1 amide bonds. The van der Waals surface area contributed by atoms with Gasteiger partial charge in [0.2, 0.25) is 5.91 Å². The summed E-state index contributed by atoms with van der Waals surface area (Å²) in [5, 5.41) is 12.9. The third-order valence-electron chi connectivity index (χ3n) is 3.94. The first-order chi connectivity index (χ1) is 10.2. The van der Waals surface area contributed by atoms with Crippen LogP contribution in [0.5, 0.6) is 0 Å². The van der Waals surface area contributed by atoms with Gasteiger partial charge in [-0.3, -0.25) is 9.69 Å². The van der Waals surface area contributed by atoms with Gasteiger partial charge in [0.1, 0.15) is 0 Å². The van der Waals surface area contributed by atoms with Gasteiger partial charge in [-0.25, -0.2) is 0 Å². The van der Waals surface area contributed by atoms with Crippen molar-refractivity contribution in [3.05, 3.63) is 29.3 Å². The highest BCUT2D eigenvalue weighted by molar-refractivity contribution is 6.30. The maximum absolute atomic E-state index is 12.0. The van der Waals surface area contributed by atoms with Crippen LogP contribution in [0.4, 0.5) is 5.69 Å². The summed E-state index contributed by atoms with van der Waals surface area (Å²) in [5.74, 6) is -0.0156. The number of carbonyl (C=O) groups is 1. The van der Waals surface area contributed by atoms with Crippen molar-refractivity contribution in [2.24, 2.45) is 0 Å². The first kappa shape index (κ1) is 16.3.